The quantitative estimate of drug-likeness (QED) is 0.782. The van der Waals surface area contributed by atoms with E-state index in [4.69, 9.17) is 9.15 Å². The van der Waals surface area contributed by atoms with E-state index in [9.17, 15) is 9.90 Å². The van der Waals surface area contributed by atoms with Gasteiger partial charge < -0.3 is 19.6 Å². The maximum absolute atomic E-state index is 11.4. The molecule has 0 aliphatic heterocycles. The van der Waals surface area contributed by atoms with Crippen molar-refractivity contribution in [3.63, 3.8) is 0 Å². The molecule has 6 nitrogen and oxygen atoms in total. The topological polar surface area (TPSA) is 84.6 Å². The minimum Gasteiger partial charge on any atom is -0.461 e. The molecular formula is C12H20N2O4. The van der Waals surface area contributed by atoms with Gasteiger partial charge in [0.1, 0.15) is 6.26 Å². The Labute approximate surface area is 106 Å². The van der Waals surface area contributed by atoms with Gasteiger partial charge in [0.15, 0.2) is 5.69 Å². The molecule has 0 aromatic carbocycles. The highest BCUT2D eigenvalue weighted by atomic mass is 16.5. The fourth-order valence-corrected chi connectivity index (χ4v) is 1.05. The monoisotopic (exact) mass is 256 g/mol. The lowest BCUT2D eigenvalue weighted by Crippen LogP contribution is -2.51. The first kappa shape index (κ1) is 14.5. The van der Waals surface area contributed by atoms with Crippen molar-refractivity contribution in [2.24, 2.45) is 0 Å². The molecule has 1 aromatic rings. The van der Waals surface area contributed by atoms with Crippen LogP contribution in [0.25, 0.3) is 0 Å². The predicted molar refractivity (Wildman–Crippen MR) is 66.5 cm³/mol. The molecule has 0 atom stereocenters. The summed E-state index contributed by atoms with van der Waals surface area (Å²) in [6, 6.07) is 0.171. The first-order chi connectivity index (χ1) is 8.17. The van der Waals surface area contributed by atoms with Gasteiger partial charge in [0.2, 0.25) is 0 Å². The van der Waals surface area contributed by atoms with Gasteiger partial charge in [0.25, 0.3) is 6.01 Å². The molecule has 18 heavy (non-hydrogen) atoms. The van der Waals surface area contributed by atoms with E-state index in [0.717, 1.165) is 0 Å². The highest BCUT2D eigenvalue weighted by molar-refractivity contribution is 5.87. The lowest BCUT2D eigenvalue weighted by Gasteiger charge is -2.37. The minimum atomic E-state index is -0.981. The fraction of sp³-hybridized carbons (Fsp3) is 0.667. The van der Waals surface area contributed by atoms with E-state index in [1.165, 1.54) is 6.26 Å². The van der Waals surface area contributed by atoms with Gasteiger partial charge in [-0.3, -0.25) is 0 Å². The zero-order valence-electron chi connectivity index (χ0n) is 11.4. The average molecular weight is 256 g/mol. The normalized spacial score (nSPS) is 12.3. The van der Waals surface area contributed by atoms with Gasteiger partial charge >= 0.3 is 5.97 Å². The second kappa shape index (κ2) is 4.97. The van der Waals surface area contributed by atoms with Crippen LogP contribution < -0.4 is 5.32 Å². The molecule has 1 rings (SSSR count). The first-order valence-electron chi connectivity index (χ1n) is 5.80. The van der Waals surface area contributed by atoms with Gasteiger partial charge in [-0.05, 0) is 34.6 Å². The van der Waals surface area contributed by atoms with E-state index < -0.39 is 17.1 Å². The molecule has 0 fully saturated rings. The number of carbonyl (C=O) groups is 1. The maximum atomic E-state index is 11.4. The third kappa shape index (κ3) is 3.22. The molecule has 1 heterocycles. The Balaban J connectivity index is 2.79. The van der Waals surface area contributed by atoms with Crippen molar-refractivity contribution in [3.05, 3.63) is 12.0 Å². The average Bonchev–Trinajstić information content (AvgIpc) is 2.64. The Morgan fingerprint density at radius 2 is 2.11 bits per heavy atom. The molecule has 0 spiro atoms. The first-order valence-corrected chi connectivity index (χ1v) is 5.80. The number of esters is 1. The van der Waals surface area contributed by atoms with E-state index in [2.05, 4.69) is 10.3 Å². The van der Waals surface area contributed by atoms with Crippen LogP contribution in [0.1, 0.15) is 45.1 Å². The van der Waals surface area contributed by atoms with Crippen molar-refractivity contribution in [1.29, 1.82) is 0 Å². The molecule has 0 aliphatic rings. The molecule has 0 bridgehead atoms. The summed E-state index contributed by atoms with van der Waals surface area (Å²) in [5.41, 5.74) is -1.54. The van der Waals surface area contributed by atoms with E-state index in [0.29, 0.717) is 0 Å². The van der Waals surface area contributed by atoms with Crippen molar-refractivity contribution in [2.75, 3.05) is 11.9 Å². The SMILES string of the molecule is CCOC(=O)c1coc(NC(C)(C)C(C)(C)O)n1. The number of anilines is 1. The van der Waals surface area contributed by atoms with Crippen LogP contribution in [0.5, 0.6) is 0 Å². The highest BCUT2D eigenvalue weighted by Crippen LogP contribution is 2.25. The standard InChI is InChI=1S/C12H20N2O4/c1-6-17-9(15)8-7-18-10(13-8)14-11(2,3)12(4,5)16/h7,16H,6H2,1-5H3,(H,13,14). The van der Waals surface area contributed by atoms with Crippen LogP contribution in [0.3, 0.4) is 0 Å². The summed E-state index contributed by atoms with van der Waals surface area (Å²) in [6.07, 6.45) is 1.22. The molecule has 0 aliphatic carbocycles. The molecule has 2 N–H and O–H groups in total. The molecule has 0 unspecified atom stereocenters. The molecule has 1 aromatic heterocycles. The molecule has 0 saturated carbocycles. The lowest BCUT2D eigenvalue weighted by atomic mass is 9.86. The van der Waals surface area contributed by atoms with Crippen molar-refractivity contribution < 1.29 is 19.1 Å². The Kier molecular flexibility index (Phi) is 4.01. The Morgan fingerprint density at radius 1 is 1.50 bits per heavy atom. The maximum Gasteiger partial charge on any atom is 0.360 e. The minimum absolute atomic E-state index is 0.103. The summed E-state index contributed by atoms with van der Waals surface area (Å²) in [7, 11) is 0. The van der Waals surface area contributed by atoms with Crippen molar-refractivity contribution in [1.82, 2.24) is 4.98 Å². The summed E-state index contributed by atoms with van der Waals surface area (Å²) in [6.45, 7) is 8.96. The van der Waals surface area contributed by atoms with Gasteiger partial charge in [-0.1, -0.05) is 0 Å². The van der Waals surface area contributed by atoms with Crippen LogP contribution in [0.4, 0.5) is 6.01 Å². The highest BCUT2D eigenvalue weighted by Gasteiger charge is 2.36. The van der Waals surface area contributed by atoms with E-state index in [1.54, 1.807) is 34.6 Å². The van der Waals surface area contributed by atoms with Crippen LogP contribution in [-0.2, 0) is 4.74 Å². The summed E-state index contributed by atoms with van der Waals surface area (Å²) in [4.78, 5) is 15.4. The number of rotatable bonds is 5. The number of oxazole rings is 1. The summed E-state index contributed by atoms with van der Waals surface area (Å²) >= 11 is 0. The molecule has 0 amide bonds. The molecule has 0 radical (unpaired) electrons. The Morgan fingerprint density at radius 3 is 2.61 bits per heavy atom. The van der Waals surface area contributed by atoms with Gasteiger partial charge in [-0.25, -0.2) is 4.79 Å². The van der Waals surface area contributed by atoms with E-state index in [1.807, 2.05) is 0 Å². The second-order valence-electron chi connectivity index (χ2n) is 5.07. The number of aliphatic hydroxyl groups is 1. The van der Waals surface area contributed by atoms with Gasteiger partial charge in [0, 0.05) is 0 Å². The number of aromatic nitrogens is 1. The van der Waals surface area contributed by atoms with Crippen molar-refractivity contribution in [3.8, 4) is 0 Å². The number of hydrogen-bond acceptors (Lipinski definition) is 6. The van der Waals surface area contributed by atoms with Crippen molar-refractivity contribution in [2.45, 2.75) is 45.8 Å². The molecule has 0 saturated heterocycles. The van der Waals surface area contributed by atoms with Crippen LogP contribution in [-0.4, -0.2) is 33.8 Å². The Bertz CT molecular complexity index is 418. The third-order valence-electron chi connectivity index (χ3n) is 2.94. The molecular weight excluding hydrogens is 236 g/mol. The predicted octanol–water partition coefficient (Wildman–Crippen LogP) is 1.81. The lowest BCUT2D eigenvalue weighted by molar-refractivity contribution is 0.0230. The van der Waals surface area contributed by atoms with Gasteiger partial charge in [-0.15, -0.1) is 0 Å². The number of nitrogens with zero attached hydrogens (tertiary/aromatic N) is 1. The van der Waals surface area contributed by atoms with Crippen LogP contribution in [0, 0.1) is 0 Å². The van der Waals surface area contributed by atoms with Gasteiger partial charge in [-0.2, -0.15) is 4.98 Å². The summed E-state index contributed by atoms with van der Waals surface area (Å²) in [5.74, 6) is -0.532. The summed E-state index contributed by atoms with van der Waals surface area (Å²) < 4.78 is 9.93. The second-order valence-corrected chi connectivity index (χ2v) is 5.07. The van der Waals surface area contributed by atoms with Crippen LogP contribution >= 0.6 is 0 Å². The zero-order valence-corrected chi connectivity index (χ0v) is 11.4. The third-order valence-corrected chi connectivity index (χ3v) is 2.94. The van der Waals surface area contributed by atoms with Crippen molar-refractivity contribution >= 4 is 12.0 Å². The number of carbonyl (C=O) groups excluding carboxylic acids is 1. The zero-order chi connectivity index (χ0) is 14.0. The fourth-order valence-electron chi connectivity index (χ4n) is 1.05. The largest absolute Gasteiger partial charge is 0.461 e. The van der Waals surface area contributed by atoms with Gasteiger partial charge in [0.05, 0.1) is 17.7 Å². The number of nitrogens with one attached hydrogen (secondary N) is 1. The summed E-state index contributed by atoms with van der Waals surface area (Å²) in [5, 5.41) is 12.9. The number of hydrogen-bond donors (Lipinski definition) is 2. The van der Waals surface area contributed by atoms with E-state index in [-0.39, 0.29) is 18.3 Å². The Hall–Kier alpha value is -1.56. The van der Waals surface area contributed by atoms with E-state index >= 15 is 0 Å². The smallest absolute Gasteiger partial charge is 0.360 e. The van der Waals surface area contributed by atoms with Crippen LogP contribution in [0.15, 0.2) is 10.7 Å². The van der Waals surface area contributed by atoms with Crippen LogP contribution in [0.2, 0.25) is 0 Å². The molecule has 6 heteroatoms. The number of ether oxygens (including phenoxy) is 1. The molecule has 102 valence electrons.